The Morgan fingerprint density at radius 3 is 2.39 bits per heavy atom. The molecule has 0 atom stereocenters. The van der Waals surface area contributed by atoms with Gasteiger partial charge in [-0.3, -0.25) is 0 Å². The van der Waals surface area contributed by atoms with Crippen molar-refractivity contribution in [3.8, 4) is 11.5 Å². The number of aromatic nitrogens is 3. The van der Waals surface area contributed by atoms with Crippen LogP contribution in [0.25, 0.3) is 21.7 Å². The Bertz CT molecular complexity index is 1400. The molecule has 0 radical (unpaired) electrons. The first kappa shape index (κ1) is 19.4. The molecule has 0 aliphatic carbocycles. The molecule has 0 unspecified atom stereocenters. The van der Waals surface area contributed by atoms with Crippen molar-refractivity contribution in [1.82, 2.24) is 14.5 Å². The highest BCUT2D eigenvalue weighted by molar-refractivity contribution is 9.10. The lowest BCUT2D eigenvalue weighted by Gasteiger charge is -2.08. The summed E-state index contributed by atoms with van der Waals surface area (Å²) in [4.78, 5) is 8.77. The molecule has 31 heavy (non-hydrogen) atoms. The maximum absolute atomic E-state index is 10.9. The quantitative estimate of drug-likeness (QED) is 0.296. The van der Waals surface area contributed by atoms with E-state index in [1.165, 1.54) is 6.20 Å². The monoisotopic (exact) mass is 474 g/mol. The topological polar surface area (TPSA) is 83.2 Å². The number of benzene rings is 3. The van der Waals surface area contributed by atoms with E-state index in [1.54, 1.807) is 0 Å². The summed E-state index contributed by atoms with van der Waals surface area (Å²) in [6.07, 6.45) is 5.19. The van der Waals surface area contributed by atoms with Crippen LogP contribution in [0.2, 0.25) is 0 Å². The number of fused-ring (bicyclic) bond motifs is 2. The fourth-order valence-corrected chi connectivity index (χ4v) is 4.14. The summed E-state index contributed by atoms with van der Waals surface area (Å²) >= 11 is 3.49. The van der Waals surface area contributed by atoms with Gasteiger partial charge in [-0.25, -0.2) is 9.97 Å². The molecule has 0 saturated carbocycles. The molecule has 7 heteroatoms. The first-order valence-corrected chi connectivity index (χ1v) is 10.6. The van der Waals surface area contributed by atoms with Gasteiger partial charge in [-0.15, -0.1) is 0 Å². The molecule has 0 amide bonds. The molecule has 2 aromatic heterocycles. The predicted octanol–water partition coefficient (Wildman–Crippen LogP) is 5.42. The van der Waals surface area contributed by atoms with Gasteiger partial charge >= 0.3 is 0 Å². The zero-order valence-corrected chi connectivity index (χ0v) is 18.0. The summed E-state index contributed by atoms with van der Waals surface area (Å²) in [7, 11) is 0. The number of aromatic hydroxyl groups is 2. The zero-order chi connectivity index (χ0) is 21.4. The normalized spacial score (nSPS) is 11.3. The van der Waals surface area contributed by atoms with E-state index in [0.717, 1.165) is 15.6 Å². The van der Waals surface area contributed by atoms with Crippen molar-refractivity contribution in [3.05, 3.63) is 88.8 Å². The van der Waals surface area contributed by atoms with Crippen molar-refractivity contribution in [3.63, 3.8) is 0 Å². The van der Waals surface area contributed by atoms with Crippen molar-refractivity contribution in [2.45, 2.75) is 13.1 Å². The van der Waals surface area contributed by atoms with Crippen LogP contribution in [0.4, 0.5) is 5.95 Å². The molecule has 0 saturated heterocycles. The number of hydrogen-bond donors (Lipinski definition) is 3. The van der Waals surface area contributed by atoms with Crippen LogP contribution in [-0.4, -0.2) is 24.7 Å². The van der Waals surface area contributed by atoms with E-state index in [-0.39, 0.29) is 11.5 Å². The summed E-state index contributed by atoms with van der Waals surface area (Å²) in [5.74, 6) is 0.477. The first-order valence-electron chi connectivity index (χ1n) is 9.81. The highest BCUT2D eigenvalue weighted by atomic mass is 79.9. The van der Waals surface area contributed by atoms with Crippen molar-refractivity contribution < 1.29 is 10.2 Å². The van der Waals surface area contributed by atoms with E-state index < -0.39 is 0 Å². The predicted molar refractivity (Wildman–Crippen MR) is 125 cm³/mol. The molecular weight excluding hydrogens is 456 g/mol. The Hall–Kier alpha value is -3.58. The second-order valence-electron chi connectivity index (χ2n) is 7.38. The molecule has 6 nitrogen and oxygen atoms in total. The van der Waals surface area contributed by atoms with Gasteiger partial charge in [-0.05, 0) is 23.3 Å². The van der Waals surface area contributed by atoms with E-state index >= 15 is 0 Å². The van der Waals surface area contributed by atoms with Gasteiger partial charge < -0.3 is 20.1 Å². The van der Waals surface area contributed by atoms with Crippen molar-refractivity contribution in [1.29, 1.82) is 0 Å². The van der Waals surface area contributed by atoms with E-state index in [1.807, 2.05) is 71.6 Å². The molecule has 0 spiro atoms. The minimum atomic E-state index is 0.0287. The van der Waals surface area contributed by atoms with Crippen LogP contribution in [0.3, 0.4) is 0 Å². The number of phenolic OH excluding ortho intramolecular Hbond substituents is 2. The molecule has 3 aromatic carbocycles. The lowest BCUT2D eigenvalue weighted by molar-refractivity contribution is 0.477. The first-order chi connectivity index (χ1) is 15.1. The number of anilines is 1. The minimum absolute atomic E-state index is 0.0287. The summed E-state index contributed by atoms with van der Waals surface area (Å²) in [5.41, 5.74) is 2.51. The van der Waals surface area contributed by atoms with Crippen LogP contribution in [-0.2, 0) is 13.1 Å². The average molecular weight is 475 g/mol. The van der Waals surface area contributed by atoms with Gasteiger partial charge in [0.2, 0.25) is 5.95 Å². The van der Waals surface area contributed by atoms with Gasteiger partial charge in [-0.1, -0.05) is 58.4 Å². The van der Waals surface area contributed by atoms with Crippen LogP contribution in [0, 0.1) is 0 Å². The number of hydrogen-bond acceptors (Lipinski definition) is 5. The van der Waals surface area contributed by atoms with Crippen molar-refractivity contribution >= 4 is 43.6 Å². The molecule has 0 fully saturated rings. The highest BCUT2D eigenvalue weighted by Crippen LogP contribution is 2.41. The Morgan fingerprint density at radius 2 is 1.61 bits per heavy atom. The van der Waals surface area contributed by atoms with Crippen molar-refractivity contribution in [2.75, 3.05) is 5.32 Å². The smallest absolute Gasteiger partial charge is 0.223 e. The van der Waals surface area contributed by atoms with Crippen LogP contribution < -0.4 is 5.32 Å². The largest absolute Gasteiger partial charge is 0.506 e. The average Bonchev–Trinajstić information content (AvgIpc) is 3.21. The Balaban J connectivity index is 1.51. The standard InChI is InChI=1S/C24H19BrN4O2/c25-17-8-4-7-16(9-17)12-29-13-19-20(14-29)23(31)21-18(22(19)30)11-27-24(28-21)26-10-15-5-2-1-3-6-15/h1-9,11,13-14,30-31H,10,12H2,(H,26,28). The third-order valence-corrected chi connectivity index (χ3v) is 5.70. The molecule has 0 aliphatic rings. The second-order valence-corrected chi connectivity index (χ2v) is 8.30. The van der Waals surface area contributed by atoms with Gasteiger partial charge in [0, 0.05) is 46.9 Å². The van der Waals surface area contributed by atoms with E-state index in [4.69, 9.17) is 0 Å². The fraction of sp³-hybridized carbons (Fsp3) is 0.0833. The Morgan fingerprint density at radius 1 is 0.871 bits per heavy atom. The van der Waals surface area contributed by atoms with Crippen LogP contribution in [0.15, 0.2) is 77.7 Å². The van der Waals surface area contributed by atoms with E-state index in [9.17, 15) is 10.2 Å². The molecule has 0 aliphatic heterocycles. The SMILES string of the molecule is Oc1c2cn(Cc3cccc(Br)c3)cc2c(O)c2nc(NCc3ccccc3)ncc12. The number of rotatable bonds is 5. The summed E-state index contributed by atoms with van der Waals surface area (Å²) in [5, 5.41) is 26.4. The van der Waals surface area contributed by atoms with E-state index in [0.29, 0.717) is 40.7 Å². The van der Waals surface area contributed by atoms with E-state index in [2.05, 4.69) is 31.2 Å². The lowest BCUT2D eigenvalue weighted by atomic mass is 10.1. The molecule has 2 heterocycles. The lowest BCUT2D eigenvalue weighted by Crippen LogP contribution is -2.03. The Labute approximate surface area is 187 Å². The molecule has 5 aromatic rings. The number of nitrogens with zero attached hydrogens (tertiary/aromatic N) is 3. The molecule has 154 valence electrons. The minimum Gasteiger partial charge on any atom is -0.506 e. The van der Waals surface area contributed by atoms with Crippen molar-refractivity contribution in [2.24, 2.45) is 0 Å². The maximum atomic E-state index is 10.9. The van der Waals surface area contributed by atoms with Crippen LogP contribution in [0.5, 0.6) is 11.5 Å². The van der Waals surface area contributed by atoms with Gasteiger partial charge in [0.1, 0.15) is 11.3 Å². The summed E-state index contributed by atoms with van der Waals surface area (Å²) < 4.78 is 2.94. The van der Waals surface area contributed by atoms with Gasteiger partial charge in [-0.2, -0.15) is 0 Å². The fourth-order valence-electron chi connectivity index (χ4n) is 3.69. The van der Waals surface area contributed by atoms with Gasteiger partial charge in [0.25, 0.3) is 0 Å². The van der Waals surface area contributed by atoms with Gasteiger partial charge in [0.05, 0.1) is 5.39 Å². The molecule has 5 rings (SSSR count). The highest BCUT2D eigenvalue weighted by Gasteiger charge is 2.17. The van der Waals surface area contributed by atoms with Crippen LogP contribution >= 0.6 is 15.9 Å². The maximum Gasteiger partial charge on any atom is 0.223 e. The molecule has 0 bridgehead atoms. The number of halogens is 1. The number of phenols is 2. The summed E-state index contributed by atoms with van der Waals surface area (Å²) in [6, 6.07) is 17.9. The third kappa shape index (κ3) is 3.80. The summed E-state index contributed by atoms with van der Waals surface area (Å²) in [6.45, 7) is 1.17. The zero-order valence-electron chi connectivity index (χ0n) is 16.5. The third-order valence-electron chi connectivity index (χ3n) is 5.21. The number of nitrogens with one attached hydrogen (secondary N) is 1. The van der Waals surface area contributed by atoms with Gasteiger partial charge in [0.15, 0.2) is 5.75 Å². The molecule has 3 N–H and O–H groups in total. The molecular formula is C24H19BrN4O2. The second kappa shape index (κ2) is 7.92. The Kier molecular flexibility index (Phi) is 4.95. The van der Waals surface area contributed by atoms with Crippen LogP contribution in [0.1, 0.15) is 11.1 Å².